The van der Waals surface area contributed by atoms with Gasteiger partial charge in [-0.25, -0.2) is 0 Å². The highest BCUT2D eigenvalue weighted by molar-refractivity contribution is 5.83. The van der Waals surface area contributed by atoms with Gasteiger partial charge in [-0.1, -0.05) is 0 Å². The summed E-state index contributed by atoms with van der Waals surface area (Å²) in [5, 5.41) is 19.1. The van der Waals surface area contributed by atoms with E-state index in [0.717, 1.165) is 0 Å². The quantitative estimate of drug-likeness (QED) is 0.666. The number of aromatic nitrogens is 2. The van der Waals surface area contributed by atoms with Gasteiger partial charge in [0.15, 0.2) is 0 Å². The number of aromatic amines is 1. The van der Waals surface area contributed by atoms with Crippen LogP contribution in [0.4, 0.5) is 5.82 Å². The van der Waals surface area contributed by atoms with Crippen molar-refractivity contribution >= 4 is 5.82 Å². The maximum atomic E-state index is 12.3. The molecule has 3 N–H and O–H groups in total. The zero-order valence-electron chi connectivity index (χ0n) is 16.0. The molecule has 3 aromatic rings. The zero-order valence-corrected chi connectivity index (χ0v) is 16.0. The van der Waals surface area contributed by atoms with Gasteiger partial charge in [-0.05, 0) is 43.7 Å². The highest BCUT2D eigenvalue weighted by atomic mass is 16.5. The van der Waals surface area contributed by atoms with Crippen LogP contribution in [0.1, 0.15) is 25.0 Å². The molecule has 1 aromatic carbocycles. The molecule has 0 saturated carbocycles. The first-order chi connectivity index (χ1) is 14.0. The lowest BCUT2D eigenvalue weighted by atomic mass is 9.95. The number of hydrogen-bond donors (Lipinski definition) is 2. The minimum Gasteiger partial charge on any atom is -0.492 e. The van der Waals surface area contributed by atoms with Gasteiger partial charge in [0.05, 0.1) is 13.2 Å². The van der Waals surface area contributed by atoms with E-state index < -0.39 is 5.56 Å². The highest BCUT2D eigenvalue weighted by Crippen LogP contribution is 2.40. The molecule has 3 rings (SSSR count). The number of nitrogens with two attached hydrogens (primary N) is 1. The molecule has 8 nitrogen and oxygen atoms in total. The Kier molecular flexibility index (Phi) is 5.56. The summed E-state index contributed by atoms with van der Waals surface area (Å²) in [6.45, 7) is 4.46. The molecular formula is C21H19N5O3. The smallest absolute Gasteiger partial charge is 0.268 e. The van der Waals surface area contributed by atoms with Gasteiger partial charge in [0.2, 0.25) is 0 Å². The van der Waals surface area contributed by atoms with Crippen LogP contribution in [0.2, 0.25) is 0 Å². The molecule has 2 aromatic heterocycles. The Bertz CT molecular complexity index is 1150. The number of hydrogen-bond acceptors (Lipinski definition) is 6. The molecule has 0 aliphatic rings. The predicted molar refractivity (Wildman–Crippen MR) is 108 cm³/mol. The maximum absolute atomic E-state index is 12.3. The minimum absolute atomic E-state index is 0.0137. The number of anilines is 1. The Hall–Kier alpha value is -4.17. The second kappa shape index (κ2) is 8.24. The van der Waals surface area contributed by atoms with Crippen molar-refractivity contribution in [2.24, 2.45) is 0 Å². The van der Waals surface area contributed by atoms with Crippen LogP contribution in [0, 0.1) is 22.7 Å². The molecule has 0 radical (unpaired) electrons. The average molecular weight is 389 g/mol. The fourth-order valence-electron chi connectivity index (χ4n) is 3.13. The number of nitrogens with zero attached hydrogens (tertiary/aromatic N) is 3. The third kappa shape index (κ3) is 3.52. The summed E-state index contributed by atoms with van der Waals surface area (Å²) in [6.07, 6.45) is 3.71. The third-order valence-corrected chi connectivity index (χ3v) is 4.26. The molecule has 146 valence electrons. The second-order valence-electron chi connectivity index (χ2n) is 5.99. The van der Waals surface area contributed by atoms with E-state index in [0.29, 0.717) is 36.0 Å². The molecule has 0 aliphatic heterocycles. The first-order valence-corrected chi connectivity index (χ1v) is 8.98. The van der Waals surface area contributed by atoms with Crippen molar-refractivity contribution < 1.29 is 9.47 Å². The van der Waals surface area contributed by atoms with E-state index in [2.05, 4.69) is 4.98 Å². The summed E-state index contributed by atoms with van der Waals surface area (Å²) in [5.41, 5.74) is 6.25. The molecule has 8 heteroatoms. The van der Waals surface area contributed by atoms with Crippen LogP contribution in [0.15, 0.2) is 41.5 Å². The Balaban J connectivity index is 2.41. The summed E-state index contributed by atoms with van der Waals surface area (Å²) in [4.78, 5) is 14.6. The molecule has 0 saturated heterocycles. The van der Waals surface area contributed by atoms with Crippen molar-refractivity contribution in [2.45, 2.75) is 13.8 Å². The van der Waals surface area contributed by atoms with E-state index in [4.69, 9.17) is 15.2 Å². The van der Waals surface area contributed by atoms with Crippen molar-refractivity contribution in [1.29, 1.82) is 10.5 Å². The number of benzene rings is 1. The lowest BCUT2D eigenvalue weighted by molar-refractivity contribution is 0.321. The van der Waals surface area contributed by atoms with Crippen molar-refractivity contribution in [3.8, 4) is 40.5 Å². The molecule has 0 spiro atoms. The van der Waals surface area contributed by atoms with Crippen molar-refractivity contribution in [2.75, 3.05) is 18.9 Å². The van der Waals surface area contributed by atoms with E-state index in [-0.39, 0.29) is 22.5 Å². The normalized spacial score (nSPS) is 10.2. The van der Waals surface area contributed by atoms with Crippen LogP contribution in [-0.4, -0.2) is 22.8 Å². The lowest BCUT2D eigenvalue weighted by Crippen LogP contribution is -2.16. The number of nitrogens with one attached hydrogen (secondary N) is 1. The van der Waals surface area contributed by atoms with Gasteiger partial charge in [-0.15, -0.1) is 0 Å². The van der Waals surface area contributed by atoms with Gasteiger partial charge in [-0.2, -0.15) is 10.5 Å². The Morgan fingerprint density at radius 1 is 1.03 bits per heavy atom. The average Bonchev–Trinajstić information content (AvgIpc) is 3.22. The van der Waals surface area contributed by atoms with Crippen LogP contribution in [0.5, 0.6) is 11.5 Å². The van der Waals surface area contributed by atoms with Crippen LogP contribution >= 0.6 is 0 Å². The molecule has 0 fully saturated rings. The van der Waals surface area contributed by atoms with E-state index in [1.54, 1.807) is 12.1 Å². The van der Waals surface area contributed by atoms with Gasteiger partial charge in [0.1, 0.15) is 46.3 Å². The van der Waals surface area contributed by atoms with E-state index in [1.807, 2.05) is 55.1 Å². The SMILES string of the molecule is CCOc1cc(-c2c(C#N)c(N)[nH]c(=O)c2C#N)cc(OCC)c1-n1cccc1. The van der Waals surface area contributed by atoms with E-state index in [9.17, 15) is 15.3 Å². The van der Waals surface area contributed by atoms with Gasteiger partial charge in [0, 0.05) is 18.0 Å². The van der Waals surface area contributed by atoms with Gasteiger partial charge in [0.25, 0.3) is 5.56 Å². The zero-order chi connectivity index (χ0) is 21.0. The highest BCUT2D eigenvalue weighted by Gasteiger charge is 2.22. The number of H-pyrrole nitrogens is 1. The topological polar surface area (TPSA) is 130 Å². The summed E-state index contributed by atoms with van der Waals surface area (Å²) >= 11 is 0. The molecule has 0 aliphatic carbocycles. The molecule has 0 atom stereocenters. The molecular weight excluding hydrogens is 370 g/mol. The number of pyridine rings is 1. The first kappa shape index (κ1) is 19.6. The minimum atomic E-state index is -0.663. The van der Waals surface area contributed by atoms with E-state index >= 15 is 0 Å². The largest absolute Gasteiger partial charge is 0.492 e. The van der Waals surface area contributed by atoms with Gasteiger partial charge >= 0.3 is 0 Å². The number of nitrogen functional groups attached to an aromatic ring is 1. The van der Waals surface area contributed by atoms with Crippen LogP contribution < -0.4 is 20.8 Å². The fraction of sp³-hybridized carbons (Fsp3) is 0.190. The number of rotatable bonds is 6. The summed E-state index contributed by atoms with van der Waals surface area (Å²) in [5.74, 6) is 0.865. The van der Waals surface area contributed by atoms with Crippen molar-refractivity contribution in [3.05, 3.63) is 58.1 Å². The summed E-state index contributed by atoms with van der Waals surface area (Å²) in [6, 6.07) is 11.0. The van der Waals surface area contributed by atoms with Crippen molar-refractivity contribution in [3.63, 3.8) is 0 Å². The fourth-order valence-corrected chi connectivity index (χ4v) is 3.13. The Morgan fingerprint density at radius 2 is 1.59 bits per heavy atom. The van der Waals surface area contributed by atoms with Crippen molar-refractivity contribution in [1.82, 2.24) is 9.55 Å². The molecule has 29 heavy (non-hydrogen) atoms. The van der Waals surface area contributed by atoms with Crippen LogP contribution in [0.3, 0.4) is 0 Å². The maximum Gasteiger partial charge on any atom is 0.268 e. The molecule has 0 bridgehead atoms. The standard InChI is InChI=1S/C21H19N5O3/c1-3-28-16-9-13(10-17(29-4-2)19(16)26-7-5-6-8-26)18-14(11-22)20(24)25-21(27)15(18)12-23/h5-10H,3-4H2,1-2H3,(H3,24,25,27). The van der Waals surface area contributed by atoms with Crippen LogP contribution in [-0.2, 0) is 0 Å². The van der Waals surface area contributed by atoms with Gasteiger partial charge < -0.3 is 24.8 Å². The summed E-state index contributed by atoms with van der Waals surface area (Å²) < 4.78 is 13.5. The molecule has 2 heterocycles. The Labute approximate surface area is 167 Å². The third-order valence-electron chi connectivity index (χ3n) is 4.26. The predicted octanol–water partition coefficient (Wildman–Crippen LogP) is 2.96. The second-order valence-corrected chi connectivity index (χ2v) is 5.99. The number of ether oxygens (including phenoxy) is 2. The van der Waals surface area contributed by atoms with E-state index in [1.165, 1.54) is 0 Å². The number of nitriles is 2. The Morgan fingerprint density at radius 3 is 2.07 bits per heavy atom. The van der Waals surface area contributed by atoms with Crippen LogP contribution in [0.25, 0.3) is 16.8 Å². The summed E-state index contributed by atoms with van der Waals surface area (Å²) in [7, 11) is 0. The first-order valence-electron chi connectivity index (χ1n) is 8.98. The van der Waals surface area contributed by atoms with Gasteiger partial charge in [-0.3, -0.25) is 4.79 Å². The molecule has 0 amide bonds. The monoisotopic (exact) mass is 389 g/mol. The lowest BCUT2D eigenvalue weighted by Gasteiger charge is -2.19. The molecule has 0 unspecified atom stereocenters.